The zero-order valence-corrected chi connectivity index (χ0v) is 10.8. The fraction of sp³-hybridized carbons (Fsp3) is 0.727. The second-order valence-corrected chi connectivity index (χ2v) is 4.57. The summed E-state index contributed by atoms with van der Waals surface area (Å²) in [4.78, 5) is 32.2. The molecular formula is C11H19NO6. The third-order valence-electron chi connectivity index (χ3n) is 1.73. The van der Waals surface area contributed by atoms with E-state index < -0.39 is 23.7 Å². The van der Waals surface area contributed by atoms with Gasteiger partial charge in [-0.1, -0.05) is 0 Å². The Morgan fingerprint density at radius 3 is 2.44 bits per heavy atom. The highest BCUT2D eigenvalue weighted by Crippen LogP contribution is 2.07. The highest BCUT2D eigenvalue weighted by molar-refractivity contribution is 5.79. The molecule has 0 rings (SSSR count). The zero-order chi connectivity index (χ0) is 14.2. The lowest BCUT2D eigenvalue weighted by molar-refractivity contribution is -0.140. The van der Waals surface area contributed by atoms with Gasteiger partial charge < -0.3 is 24.7 Å². The Labute approximate surface area is 105 Å². The van der Waals surface area contributed by atoms with Crippen LogP contribution in [0.1, 0.15) is 27.2 Å². The molecule has 0 saturated heterocycles. The summed E-state index contributed by atoms with van der Waals surface area (Å²) in [6.07, 6.45) is -0.176. The highest BCUT2D eigenvalue weighted by Gasteiger charge is 2.23. The van der Waals surface area contributed by atoms with E-state index in [1.54, 1.807) is 20.8 Å². The first-order chi connectivity index (χ1) is 8.26. The molecule has 0 aliphatic rings. The number of hydrogen-bond donors (Lipinski definition) is 2. The molecule has 1 amide bonds. The van der Waals surface area contributed by atoms with Crippen LogP contribution in [0.15, 0.2) is 0 Å². The third-order valence-corrected chi connectivity index (χ3v) is 1.73. The Morgan fingerprint density at radius 1 is 1.39 bits per heavy atom. The quantitative estimate of drug-likeness (QED) is 0.513. The first kappa shape index (κ1) is 16.4. The predicted octanol–water partition coefficient (Wildman–Crippen LogP) is 0.570. The molecule has 0 aliphatic heterocycles. The van der Waals surface area contributed by atoms with E-state index in [4.69, 9.17) is 14.6 Å². The smallest absolute Gasteiger partial charge is 0.408 e. The number of aldehydes is 1. The SMILES string of the molecule is CC(C)(C)OC(=O)N[C@H](CCOCC=O)C(=O)O. The van der Waals surface area contributed by atoms with Crippen molar-refractivity contribution in [2.45, 2.75) is 38.8 Å². The van der Waals surface area contributed by atoms with E-state index in [1.165, 1.54) is 0 Å². The number of carbonyl (C=O) groups excluding carboxylic acids is 2. The fourth-order valence-electron chi connectivity index (χ4n) is 1.04. The lowest BCUT2D eigenvalue weighted by Crippen LogP contribution is -2.44. The van der Waals surface area contributed by atoms with E-state index in [-0.39, 0.29) is 19.6 Å². The second kappa shape index (κ2) is 7.65. The Kier molecular flexibility index (Phi) is 6.96. The third kappa shape index (κ3) is 8.51. The average molecular weight is 261 g/mol. The summed E-state index contributed by atoms with van der Waals surface area (Å²) >= 11 is 0. The minimum absolute atomic E-state index is 0.0580. The van der Waals surface area contributed by atoms with Gasteiger partial charge in [-0.15, -0.1) is 0 Å². The van der Waals surface area contributed by atoms with Crippen LogP contribution in [0.25, 0.3) is 0 Å². The van der Waals surface area contributed by atoms with E-state index in [1.807, 2.05) is 0 Å². The molecule has 0 spiro atoms. The number of ether oxygens (including phenoxy) is 2. The molecule has 0 aromatic carbocycles. The maximum Gasteiger partial charge on any atom is 0.408 e. The molecule has 0 aromatic heterocycles. The Hall–Kier alpha value is -1.63. The van der Waals surface area contributed by atoms with Gasteiger partial charge in [0.1, 0.15) is 24.5 Å². The number of hydrogen-bond acceptors (Lipinski definition) is 5. The number of amides is 1. The molecule has 2 N–H and O–H groups in total. The van der Waals surface area contributed by atoms with Crippen LogP contribution in [0.3, 0.4) is 0 Å². The Balaban J connectivity index is 4.15. The van der Waals surface area contributed by atoms with E-state index in [9.17, 15) is 14.4 Å². The van der Waals surface area contributed by atoms with Crippen molar-refractivity contribution in [3.8, 4) is 0 Å². The van der Waals surface area contributed by atoms with Crippen molar-refractivity contribution in [3.05, 3.63) is 0 Å². The van der Waals surface area contributed by atoms with Crippen LogP contribution >= 0.6 is 0 Å². The number of carboxylic acids is 1. The normalized spacial score (nSPS) is 12.6. The van der Waals surface area contributed by atoms with Crippen LogP contribution in [0.5, 0.6) is 0 Å². The number of nitrogens with one attached hydrogen (secondary N) is 1. The van der Waals surface area contributed by atoms with Gasteiger partial charge in [0.05, 0.1) is 0 Å². The summed E-state index contributed by atoms with van der Waals surface area (Å²) in [7, 11) is 0. The lowest BCUT2D eigenvalue weighted by atomic mass is 10.2. The molecule has 0 unspecified atom stereocenters. The Morgan fingerprint density at radius 2 is 2.00 bits per heavy atom. The highest BCUT2D eigenvalue weighted by atomic mass is 16.6. The van der Waals surface area contributed by atoms with Gasteiger partial charge >= 0.3 is 12.1 Å². The largest absolute Gasteiger partial charge is 0.480 e. The van der Waals surface area contributed by atoms with E-state index in [0.717, 1.165) is 0 Å². The van der Waals surface area contributed by atoms with Gasteiger partial charge in [-0.05, 0) is 20.8 Å². The molecule has 0 bridgehead atoms. The summed E-state index contributed by atoms with van der Waals surface area (Å²) in [5, 5.41) is 11.1. The van der Waals surface area contributed by atoms with Gasteiger partial charge in [-0.25, -0.2) is 9.59 Å². The molecule has 0 radical (unpaired) electrons. The van der Waals surface area contributed by atoms with Crippen molar-refractivity contribution in [1.82, 2.24) is 5.32 Å². The monoisotopic (exact) mass is 261 g/mol. The van der Waals surface area contributed by atoms with Crippen molar-refractivity contribution in [2.75, 3.05) is 13.2 Å². The van der Waals surface area contributed by atoms with Crippen molar-refractivity contribution in [2.24, 2.45) is 0 Å². The molecule has 0 aromatic rings. The number of rotatable bonds is 7. The number of alkyl carbamates (subject to hydrolysis) is 1. The molecule has 7 heteroatoms. The zero-order valence-electron chi connectivity index (χ0n) is 10.8. The van der Waals surface area contributed by atoms with Crippen LogP contribution in [-0.4, -0.2) is 48.3 Å². The minimum atomic E-state index is -1.18. The molecular weight excluding hydrogens is 242 g/mol. The van der Waals surface area contributed by atoms with Crippen molar-refractivity contribution in [1.29, 1.82) is 0 Å². The second-order valence-electron chi connectivity index (χ2n) is 4.57. The maximum absolute atomic E-state index is 11.4. The van der Waals surface area contributed by atoms with Gasteiger partial charge in [-0.2, -0.15) is 0 Å². The number of carboxylic acid groups (broad SMARTS) is 1. The topological polar surface area (TPSA) is 102 Å². The predicted molar refractivity (Wildman–Crippen MR) is 62.3 cm³/mol. The molecule has 1 atom stereocenters. The Bertz CT molecular complexity index is 296. The van der Waals surface area contributed by atoms with E-state index in [0.29, 0.717) is 6.29 Å². The maximum atomic E-state index is 11.4. The number of carbonyl (C=O) groups is 3. The summed E-state index contributed by atoms with van der Waals surface area (Å²) in [6.45, 7) is 4.99. The van der Waals surface area contributed by atoms with Gasteiger partial charge in [-0.3, -0.25) is 0 Å². The average Bonchev–Trinajstić information content (AvgIpc) is 2.19. The minimum Gasteiger partial charge on any atom is -0.480 e. The molecule has 0 heterocycles. The standard InChI is InChI=1S/C11H19NO6/c1-11(2,3)18-10(16)12-8(9(14)15)4-6-17-7-5-13/h5,8H,4,6-7H2,1-3H3,(H,12,16)(H,14,15)/t8-/m1/s1. The van der Waals surface area contributed by atoms with Gasteiger partial charge in [0.25, 0.3) is 0 Å². The van der Waals surface area contributed by atoms with Gasteiger partial charge in [0, 0.05) is 13.0 Å². The summed E-state index contributed by atoms with van der Waals surface area (Å²) in [5.74, 6) is -1.18. The van der Waals surface area contributed by atoms with Crippen LogP contribution in [0.2, 0.25) is 0 Å². The first-order valence-corrected chi connectivity index (χ1v) is 5.50. The van der Waals surface area contributed by atoms with E-state index in [2.05, 4.69) is 5.32 Å². The van der Waals surface area contributed by atoms with Crippen LogP contribution in [0.4, 0.5) is 4.79 Å². The number of aliphatic carboxylic acids is 1. The van der Waals surface area contributed by atoms with Crippen molar-refractivity contribution < 1.29 is 29.0 Å². The summed E-state index contributed by atoms with van der Waals surface area (Å²) < 4.78 is 9.76. The van der Waals surface area contributed by atoms with Crippen LogP contribution in [0, 0.1) is 0 Å². The molecule has 0 aliphatic carbocycles. The summed E-state index contributed by atoms with van der Waals surface area (Å²) in [5.41, 5.74) is -0.693. The van der Waals surface area contributed by atoms with Gasteiger partial charge in [0.2, 0.25) is 0 Å². The van der Waals surface area contributed by atoms with E-state index >= 15 is 0 Å². The van der Waals surface area contributed by atoms with Gasteiger partial charge in [0.15, 0.2) is 0 Å². The van der Waals surface area contributed by atoms with Crippen molar-refractivity contribution in [3.63, 3.8) is 0 Å². The molecule has 104 valence electrons. The van der Waals surface area contributed by atoms with Crippen LogP contribution in [-0.2, 0) is 19.1 Å². The van der Waals surface area contributed by atoms with Crippen molar-refractivity contribution >= 4 is 18.3 Å². The van der Waals surface area contributed by atoms with Crippen LogP contribution < -0.4 is 5.32 Å². The molecule has 7 nitrogen and oxygen atoms in total. The molecule has 18 heavy (non-hydrogen) atoms. The summed E-state index contributed by atoms with van der Waals surface area (Å²) in [6, 6.07) is -1.11. The molecule has 0 saturated carbocycles. The fourth-order valence-corrected chi connectivity index (χ4v) is 1.04. The lowest BCUT2D eigenvalue weighted by Gasteiger charge is -2.21. The molecule has 0 fully saturated rings. The first-order valence-electron chi connectivity index (χ1n) is 5.50.